The average Bonchev–Trinajstić information content (AvgIpc) is 3.24. The van der Waals surface area contributed by atoms with Gasteiger partial charge in [0.25, 0.3) is 0 Å². The molecule has 1 aromatic rings. The van der Waals surface area contributed by atoms with Gasteiger partial charge in [0.2, 0.25) is 0 Å². The largest absolute Gasteiger partial charge is 0.459 e. The molecule has 0 aliphatic carbocycles. The van der Waals surface area contributed by atoms with E-state index in [0.29, 0.717) is 53.3 Å². The number of halogens is 2. The molecule has 0 spiro atoms. The van der Waals surface area contributed by atoms with Crippen LogP contribution in [0.4, 0.5) is 5.69 Å². The van der Waals surface area contributed by atoms with Gasteiger partial charge < -0.3 is 69.5 Å². The van der Waals surface area contributed by atoms with Crippen LogP contribution < -0.4 is 10.6 Å². The number of nitrogens with one attached hydrogen (secondary N) is 2. The summed E-state index contributed by atoms with van der Waals surface area (Å²) in [5, 5.41) is 66.8. The van der Waals surface area contributed by atoms with Crippen molar-refractivity contribution in [2.45, 2.75) is 186 Å². The summed E-state index contributed by atoms with van der Waals surface area (Å²) < 4.78 is 37.6. The topological polar surface area (TPSA) is 204 Å². The maximum absolute atomic E-state index is 14.5. The summed E-state index contributed by atoms with van der Waals surface area (Å²) in [7, 11) is 5.30. The zero-order valence-electron chi connectivity index (χ0n) is 41.4. The van der Waals surface area contributed by atoms with E-state index in [1.807, 2.05) is 46.7 Å². The standard InChI is InChI=1S/C47H82Cl2N4O12S/c1-14-37-47(10,59)41(56)30(6)53(20-15-19-50-45(66)51-33-16-17-34(48)35(49)23-33)25-26(2)24-46(9,58)42(65-44-39(55)36(52(11)12)22-27(3)61-44)28(4)40(29(5)43(57)63-37)64-38(18-21-60-13)62-32(8)31(7)54/h16-17,23,26-32,36-42,44,54-56,58-59H,14-15,18-22,24-25H2,1-13H3,(H2,50,51,66)/t26-,27-,28+,29-,30-,31-,32+,36+,37-,38+,39-,40+,41-,42-,44+,46-,47-/m1/s1. The highest BCUT2D eigenvalue weighted by atomic mass is 35.5. The first-order valence-electron chi connectivity index (χ1n) is 23.5. The second kappa shape index (κ2) is 26.6. The smallest absolute Gasteiger partial charge is 0.311 e. The highest BCUT2D eigenvalue weighted by Crippen LogP contribution is 2.38. The lowest BCUT2D eigenvalue weighted by molar-refractivity contribution is -0.306. The van der Waals surface area contributed by atoms with Crippen LogP contribution in [-0.4, -0.2) is 179 Å². The van der Waals surface area contributed by atoms with Crippen molar-refractivity contribution < 1.29 is 58.7 Å². The SMILES string of the molecule is CC[C@H]1OC(=O)[C@H](C)[C@@H](O[C@@H](CCOC)O[C@@H](C)[C@@H](C)O)[C@H](C)[C@@H](O[C@@H]2O[C@H](C)C[C@H](N(C)C)[C@H]2O)[C@](C)(O)C[C@@H](C)CN(CCCNC(=S)Nc2ccc(Cl)c(Cl)c2)[C@H](C)[C@@H](O)[C@]1(C)O. The Kier molecular flexibility index (Phi) is 23.7. The van der Waals surface area contributed by atoms with Gasteiger partial charge in [0, 0.05) is 56.9 Å². The number of esters is 1. The monoisotopic (exact) mass is 997 g/mol. The number of carbonyl (C=O) groups excluding carboxylic acids is 1. The zero-order valence-corrected chi connectivity index (χ0v) is 43.7. The molecule has 0 saturated carbocycles. The fraction of sp³-hybridized carbons (Fsp3) is 0.830. The van der Waals surface area contributed by atoms with Crippen LogP contribution in [0.2, 0.25) is 10.0 Å². The lowest BCUT2D eigenvalue weighted by Gasteiger charge is -2.47. The number of rotatable bonds is 17. The number of thiocarbonyl (C=S) groups is 1. The molecule has 0 amide bonds. The van der Waals surface area contributed by atoms with Crippen molar-refractivity contribution in [3.63, 3.8) is 0 Å². The zero-order chi connectivity index (χ0) is 49.8. The number of hydrogen-bond acceptors (Lipinski definition) is 15. The van der Waals surface area contributed by atoms with Gasteiger partial charge in [-0.2, -0.15) is 0 Å². The molecule has 3 rings (SSSR count). The number of cyclic esters (lactones) is 1. The predicted octanol–water partition coefficient (Wildman–Crippen LogP) is 5.20. The Balaban J connectivity index is 2.10. The highest BCUT2D eigenvalue weighted by molar-refractivity contribution is 7.80. The van der Waals surface area contributed by atoms with E-state index in [2.05, 4.69) is 15.5 Å². The molecule has 1 aromatic carbocycles. The maximum Gasteiger partial charge on any atom is 0.311 e. The first-order valence-corrected chi connectivity index (χ1v) is 24.6. The molecule has 382 valence electrons. The average molecular weight is 998 g/mol. The Morgan fingerprint density at radius 2 is 1.76 bits per heavy atom. The van der Waals surface area contributed by atoms with E-state index in [0.717, 1.165) is 0 Å². The summed E-state index contributed by atoms with van der Waals surface area (Å²) >= 11 is 17.8. The van der Waals surface area contributed by atoms with Crippen LogP contribution in [0.1, 0.15) is 101 Å². The van der Waals surface area contributed by atoms with Crippen LogP contribution in [0.3, 0.4) is 0 Å². The molecule has 19 heteroatoms. The molecule has 7 N–H and O–H groups in total. The third-order valence-corrected chi connectivity index (χ3v) is 14.2. The number of ether oxygens (including phenoxy) is 6. The first kappa shape index (κ1) is 58.8. The van der Waals surface area contributed by atoms with Gasteiger partial charge in [0.05, 0.1) is 58.7 Å². The molecule has 2 aliphatic rings. The number of methoxy groups -OCH3 is 1. The minimum Gasteiger partial charge on any atom is -0.459 e. The lowest BCUT2D eigenvalue weighted by Crippen LogP contribution is -2.59. The summed E-state index contributed by atoms with van der Waals surface area (Å²) in [6.45, 7) is 18.9. The van der Waals surface area contributed by atoms with Crippen molar-refractivity contribution in [3.8, 4) is 0 Å². The van der Waals surface area contributed by atoms with E-state index in [1.54, 1.807) is 59.9 Å². The minimum absolute atomic E-state index is 0.162. The van der Waals surface area contributed by atoms with Gasteiger partial charge in [0.15, 0.2) is 17.7 Å². The lowest BCUT2D eigenvalue weighted by atomic mass is 9.77. The van der Waals surface area contributed by atoms with Gasteiger partial charge in [-0.15, -0.1) is 0 Å². The molecule has 2 heterocycles. The van der Waals surface area contributed by atoms with Crippen molar-refractivity contribution >= 4 is 52.2 Å². The maximum atomic E-state index is 14.5. The van der Waals surface area contributed by atoms with Gasteiger partial charge >= 0.3 is 5.97 Å². The Morgan fingerprint density at radius 3 is 2.35 bits per heavy atom. The molecule has 2 aliphatic heterocycles. The molecule has 0 radical (unpaired) electrons. The van der Waals surface area contributed by atoms with E-state index in [-0.39, 0.29) is 43.9 Å². The van der Waals surface area contributed by atoms with E-state index in [1.165, 1.54) is 6.92 Å². The number of hydrogen-bond donors (Lipinski definition) is 7. The molecular formula is C47H82Cl2N4O12S. The third kappa shape index (κ3) is 16.5. The molecule has 16 nitrogen and oxygen atoms in total. The Labute approximate surface area is 409 Å². The molecule has 66 heavy (non-hydrogen) atoms. The fourth-order valence-corrected chi connectivity index (χ4v) is 9.79. The summed E-state index contributed by atoms with van der Waals surface area (Å²) in [6.07, 6.45) is -8.10. The number of likely N-dealkylation sites (N-methyl/N-ethyl adjacent to an activating group) is 1. The van der Waals surface area contributed by atoms with E-state index >= 15 is 0 Å². The summed E-state index contributed by atoms with van der Waals surface area (Å²) in [4.78, 5) is 18.5. The third-order valence-electron chi connectivity index (χ3n) is 13.2. The number of carbonyl (C=O) groups is 1. The highest BCUT2D eigenvalue weighted by Gasteiger charge is 2.51. The Bertz CT molecular complexity index is 1650. The van der Waals surface area contributed by atoms with Gasteiger partial charge in [-0.05, 0) is 125 Å². The van der Waals surface area contributed by atoms with Gasteiger partial charge in [-0.1, -0.05) is 44.0 Å². The number of nitrogens with zero attached hydrogens (tertiary/aromatic N) is 2. The van der Waals surface area contributed by atoms with E-state index < -0.39 is 90.4 Å². The van der Waals surface area contributed by atoms with Gasteiger partial charge in [-0.25, -0.2) is 0 Å². The van der Waals surface area contributed by atoms with Crippen molar-refractivity contribution in [2.75, 3.05) is 52.8 Å². The molecule has 2 fully saturated rings. The first-order chi connectivity index (χ1) is 30.7. The summed E-state index contributed by atoms with van der Waals surface area (Å²) in [5.74, 6) is -2.85. The van der Waals surface area contributed by atoms with Crippen LogP contribution in [0.15, 0.2) is 18.2 Å². The van der Waals surface area contributed by atoms with Crippen molar-refractivity contribution in [1.29, 1.82) is 0 Å². The number of aliphatic hydroxyl groups excluding tert-OH is 3. The normalized spacial score (nSPS) is 35.9. The van der Waals surface area contributed by atoms with Crippen LogP contribution in [-0.2, 0) is 33.2 Å². The van der Waals surface area contributed by atoms with E-state index in [4.69, 9.17) is 63.8 Å². The van der Waals surface area contributed by atoms with Crippen molar-refractivity contribution in [1.82, 2.24) is 15.1 Å². The quantitative estimate of drug-likeness (QED) is 0.0464. The minimum atomic E-state index is -1.90. The number of anilines is 1. The molecule has 2 saturated heterocycles. The second-order valence-corrected chi connectivity index (χ2v) is 20.7. The predicted molar refractivity (Wildman–Crippen MR) is 261 cm³/mol. The van der Waals surface area contributed by atoms with Crippen LogP contribution in [0, 0.1) is 17.8 Å². The molecule has 17 atom stereocenters. The number of benzene rings is 1. The molecule has 0 bridgehead atoms. The Morgan fingerprint density at radius 1 is 1.09 bits per heavy atom. The van der Waals surface area contributed by atoms with Gasteiger partial charge in [0.1, 0.15) is 23.9 Å². The molecular weight excluding hydrogens is 916 g/mol. The van der Waals surface area contributed by atoms with Crippen LogP contribution in [0.5, 0.6) is 0 Å². The van der Waals surface area contributed by atoms with Gasteiger partial charge in [-0.3, -0.25) is 9.69 Å². The summed E-state index contributed by atoms with van der Waals surface area (Å²) in [5.41, 5.74) is -2.88. The molecule has 0 aromatic heterocycles. The Hall–Kier alpha value is -1.52. The number of aliphatic hydroxyl groups is 5. The van der Waals surface area contributed by atoms with Crippen LogP contribution in [0.25, 0.3) is 0 Å². The second-order valence-electron chi connectivity index (χ2n) is 19.4. The summed E-state index contributed by atoms with van der Waals surface area (Å²) in [6, 6.07) is 4.15. The molecule has 0 unspecified atom stereocenters. The van der Waals surface area contributed by atoms with Crippen molar-refractivity contribution in [3.05, 3.63) is 28.2 Å². The van der Waals surface area contributed by atoms with Crippen LogP contribution >= 0.6 is 35.4 Å². The van der Waals surface area contributed by atoms with Crippen molar-refractivity contribution in [2.24, 2.45) is 17.8 Å². The fourth-order valence-electron chi connectivity index (χ4n) is 9.27. The van der Waals surface area contributed by atoms with E-state index in [9.17, 15) is 30.3 Å².